The van der Waals surface area contributed by atoms with E-state index in [-0.39, 0.29) is 80.8 Å². The second kappa shape index (κ2) is 28.0. The largest absolute Gasteiger partial charge is 0.508 e. The quantitative estimate of drug-likeness (QED) is 0.0923. The third kappa shape index (κ3) is 16.0. The maximum absolute atomic E-state index is 14.8. The molecule has 10 atom stereocenters. The topological polar surface area (TPSA) is 323 Å². The Kier molecular flexibility index (Phi) is 22.2. The van der Waals surface area contributed by atoms with Gasteiger partial charge in [0.05, 0.1) is 10.6 Å². The summed E-state index contributed by atoms with van der Waals surface area (Å²) >= 11 is 3.51. The lowest BCUT2D eigenvalue weighted by molar-refractivity contribution is -0.144. The minimum atomic E-state index is -1.37. The van der Waals surface area contributed by atoms with E-state index >= 15 is 0 Å². The van der Waals surface area contributed by atoms with Crippen LogP contribution in [0.3, 0.4) is 0 Å². The van der Waals surface area contributed by atoms with Gasteiger partial charge in [-0.3, -0.25) is 43.2 Å². The van der Waals surface area contributed by atoms with Gasteiger partial charge in [-0.1, -0.05) is 67.7 Å². The Morgan fingerprint density at radius 3 is 2.29 bits per heavy atom. The Labute approximate surface area is 451 Å². The SMILES string of the molecule is CCC[C@H](NC(=O)[C@@H](NC(=O)[C@@H](O)[C@@H](C)CC)[C@@H](C)CC)C(=O)N[C@H]1CCCNC(=O)[C@H](Cc2c(Br)[nH]c3ccc(O)cc23)NC(=O)/C=C/c2coc(n2)[C@H](C)NC(=O)C(=O)[C@H](CC(C)C)NC(=O)[C@@H]2CCCN2C1=O. The van der Waals surface area contributed by atoms with Gasteiger partial charge in [0.15, 0.2) is 0 Å². The van der Waals surface area contributed by atoms with Gasteiger partial charge in [-0.15, -0.1) is 0 Å². The summed E-state index contributed by atoms with van der Waals surface area (Å²) in [6, 6.07) is -3.47. The molecule has 0 unspecified atom stereocenters. The zero-order chi connectivity index (χ0) is 56.0. The molecule has 76 heavy (non-hydrogen) atoms. The molecule has 0 radical (unpaired) electrons. The summed E-state index contributed by atoms with van der Waals surface area (Å²) < 4.78 is 6.08. The molecule has 22 nitrogen and oxygen atoms in total. The highest BCUT2D eigenvalue weighted by Gasteiger charge is 2.41. The number of phenolic OH excluding ortho intramolecular Hbond substituents is 1. The standard InChI is InChI=1S/C53H75BrN10O12/c1-9-14-36(60-49(72)42(28(6)10-2)63-50(73)43(67)29(7)11-3)47(70)61-37-15-12-21-55-46(69)39(25-34-33-24-32(65)18-19-35(33)59-45(34)54)58-41(66)20-17-31-26-76-52(57-31)30(8)56-51(74)44(68)38(23-27(4)5)62-48(71)40-16-13-22-64(40)53(37)75/h17-20,24,26-30,36-40,42-43,59,65,67H,9-16,21-23,25H2,1-8H3,(H,55,69)(H,56,74)(H,58,66)(H,60,72)(H,61,70)(H,62,71)(H,63,73)/b20-17+/t28-,29-,30-,36-,37-,38-,39-,40-,42-,43-/m0/s1. The number of halogens is 1. The number of nitrogens with zero attached hydrogens (tertiary/aromatic N) is 2. The highest BCUT2D eigenvalue weighted by Crippen LogP contribution is 2.31. The number of carbonyl (C=O) groups excluding carboxylic acids is 9. The number of rotatable bonds is 16. The number of benzene rings is 1. The third-order valence-electron chi connectivity index (χ3n) is 14.0. The third-order valence-corrected chi connectivity index (χ3v) is 14.7. The Morgan fingerprint density at radius 1 is 0.882 bits per heavy atom. The molecule has 3 aromatic rings. The minimum Gasteiger partial charge on any atom is -0.508 e. The summed E-state index contributed by atoms with van der Waals surface area (Å²) in [6.45, 7) is 14.1. The van der Waals surface area contributed by atoms with Gasteiger partial charge in [-0.2, -0.15) is 0 Å². The highest BCUT2D eigenvalue weighted by atomic mass is 79.9. The van der Waals surface area contributed by atoms with E-state index in [0.717, 1.165) is 6.08 Å². The first kappa shape index (κ1) is 60.2. The number of aromatic nitrogens is 2. The fraction of sp³-hybridized carbons (Fsp3) is 0.585. The van der Waals surface area contributed by atoms with Crippen molar-refractivity contribution in [2.75, 3.05) is 13.1 Å². The summed E-state index contributed by atoms with van der Waals surface area (Å²) in [7, 11) is 0. The van der Waals surface area contributed by atoms with Crippen molar-refractivity contribution in [1.29, 1.82) is 0 Å². The Hall–Kier alpha value is -6.62. The first-order valence-corrected chi connectivity index (χ1v) is 27.1. The van der Waals surface area contributed by atoms with E-state index in [2.05, 4.69) is 63.1 Å². The van der Waals surface area contributed by atoms with Gasteiger partial charge in [-0.05, 0) is 109 Å². The molecule has 0 saturated carbocycles. The van der Waals surface area contributed by atoms with Crippen LogP contribution in [0.2, 0.25) is 0 Å². The Balaban J connectivity index is 1.48. The number of amides is 8. The number of carbonyl (C=O) groups is 9. The molecule has 2 aliphatic heterocycles. The van der Waals surface area contributed by atoms with Gasteiger partial charge in [-0.25, -0.2) is 4.98 Å². The molecule has 4 heterocycles. The molecule has 1 saturated heterocycles. The number of fused-ring (bicyclic) bond motifs is 4. The predicted octanol–water partition coefficient (Wildman–Crippen LogP) is 3.25. The number of H-pyrrole nitrogens is 1. The molecule has 2 aromatic heterocycles. The monoisotopic (exact) mass is 1120 g/mol. The van der Waals surface area contributed by atoms with E-state index in [9.17, 15) is 53.4 Å². The molecule has 0 aliphatic carbocycles. The molecule has 10 N–H and O–H groups in total. The van der Waals surface area contributed by atoms with Gasteiger partial charge in [0, 0.05) is 36.5 Å². The molecule has 2 bridgehead atoms. The van der Waals surface area contributed by atoms with E-state index in [1.54, 1.807) is 26.8 Å². The number of aromatic amines is 1. The smallest absolute Gasteiger partial charge is 0.290 e. The molecule has 8 amide bonds. The maximum Gasteiger partial charge on any atom is 0.290 e. The zero-order valence-electron chi connectivity index (χ0n) is 44.5. The lowest BCUT2D eigenvalue weighted by Crippen LogP contribution is -2.60. The van der Waals surface area contributed by atoms with Crippen LogP contribution < -0.4 is 37.2 Å². The average Bonchev–Trinajstić information content (AvgIpc) is 4.15. The first-order valence-electron chi connectivity index (χ1n) is 26.3. The van der Waals surface area contributed by atoms with Crippen molar-refractivity contribution in [2.45, 2.75) is 168 Å². The second-order valence-corrected chi connectivity index (χ2v) is 21.1. The second-order valence-electron chi connectivity index (χ2n) is 20.3. The summed E-state index contributed by atoms with van der Waals surface area (Å²) in [5, 5.41) is 40.7. The van der Waals surface area contributed by atoms with Crippen molar-refractivity contribution in [2.24, 2.45) is 17.8 Å². The van der Waals surface area contributed by atoms with Crippen LogP contribution in [0.25, 0.3) is 17.0 Å². The minimum absolute atomic E-state index is 0.00646. The van der Waals surface area contributed by atoms with E-state index in [4.69, 9.17) is 4.42 Å². The van der Waals surface area contributed by atoms with E-state index in [1.165, 1.54) is 36.3 Å². The van der Waals surface area contributed by atoms with Gasteiger partial charge in [0.2, 0.25) is 53.0 Å². The number of hydrogen-bond donors (Lipinski definition) is 10. The van der Waals surface area contributed by atoms with Crippen molar-refractivity contribution in [1.82, 2.24) is 52.1 Å². The van der Waals surface area contributed by atoms with Crippen molar-refractivity contribution < 1.29 is 57.8 Å². The lowest BCUT2D eigenvalue weighted by atomic mass is 9.95. The molecule has 5 rings (SSSR count). The van der Waals surface area contributed by atoms with Crippen LogP contribution >= 0.6 is 15.9 Å². The van der Waals surface area contributed by atoms with Gasteiger partial charge in [0.1, 0.15) is 60.1 Å². The number of aliphatic hydroxyl groups is 1. The normalized spacial score (nSPS) is 22.9. The first-order chi connectivity index (χ1) is 36.1. The van der Waals surface area contributed by atoms with Crippen LogP contribution in [0.4, 0.5) is 0 Å². The van der Waals surface area contributed by atoms with E-state index in [0.29, 0.717) is 46.8 Å². The number of aliphatic hydroxyl groups excluding tert-OH is 1. The van der Waals surface area contributed by atoms with Crippen molar-refractivity contribution in [3.8, 4) is 5.75 Å². The highest BCUT2D eigenvalue weighted by molar-refractivity contribution is 9.10. The van der Waals surface area contributed by atoms with Crippen LogP contribution in [0.1, 0.15) is 136 Å². The van der Waals surface area contributed by atoms with Crippen LogP contribution in [-0.2, 0) is 49.6 Å². The zero-order valence-corrected chi connectivity index (χ0v) is 46.1. The molecule has 1 aromatic carbocycles. The molecule has 416 valence electrons. The number of hydrogen-bond acceptors (Lipinski definition) is 13. The van der Waals surface area contributed by atoms with Crippen molar-refractivity contribution in [3.05, 3.63) is 52.3 Å². The number of Topliss-reactive ketones (excluding diaryl/α,β-unsaturated/α-hetero) is 1. The summed E-state index contributed by atoms with van der Waals surface area (Å²) in [4.78, 5) is 134. The van der Waals surface area contributed by atoms with Crippen LogP contribution in [-0.4, -0.2) is 134 Å². The Morgan fingerprint density at radius 2 is 1.61 bits per heavy atom. The Bertz CT molecular complexity index is 2610. The number of phenols is 1. The molecule has 1 fully saturated rings. The molecule has 0 spiro atoms. The molecular weight excluding hydrogens is 1050 g/mol. The van der Waals surface area contributed by atoms with Crippen molar-refractivity contribution in [3.63, 3.8) is 0 Å². The summed E-state index contributed by atoms with van der Waals surface area (Å²) in [5.41, 5.74) is 1.41. The fourth-order valence-electron chi connectivity index (χ4n) is 9.15. The van der Waals surface area contributed by atoms with Crippen LogP contribution in [0, 0.1) is 17.8 Å². The van der Waals surface area contributed by atoms with Gasteiger partial charge >= 0.3 is 0 Å². The van der Waals surface area contributed by atoms with Crippen molar-refractivity contribution >= 4 is 85.9 Å². The molecular formula is C53H75BrN10O12. The fourth-order valence-corrected chi connectivity index (χ4v) is 9.74. The number of nitrogens with one attached hydrogen (secondary N) is 8. The van der Waals surface area contributed by atoms with Crippen LogP contribution in [0.15, 0.2) is 39.6 Å². The lowest BCUT2D eigenvalue weighted by Gasteiger charge is -2.31. The van der Waals surface area contributed by atoms with Gasteiger partial charge < -0.3 is 61.7 Å². The average molecular weight is 1120 g/mol. The number of ketones is 1. The molecule has 23 heteroatoms. The summed E-state index contributed by atoms with van der Waals surface area (Å²) in [6.07, 6.45) is 4.48. The molecule has 2 aliphatic rings. The number of aromatic hydroxyl groups is 1. The predicted molar refractivity (Wildman–Crippen MR) is 284 cm³/mol. The summed E-state index contributed by atoms with van der Waals surface area (Å²) in [5.74, 6) is -7.67. The van der Waals surface area contributed by atoms with E-state index in [1.807, 2.05) is 27.7 Å². The maximum atomic E-state index is 14.8. The van der Waals surface area contributed by atoms with E-state index < -0.39 is 107 Å². The number of oxazole rings is 1. The van der Waals surface area contributed by atoms with Gasteiger partial charge in [0.25, 0.3) is 5.91 Å². The van der Waals surface area contributed by atoms with Crippen LogP contribution in [0.5, 0.6) is 5.75 Å².